The lowest BCUT2D eigenvalue weighted by Gasteiger charge is -2.34. The van der Waals surface area contributed by atoms with Crippen LogP contribution in [0.1, 0.15) is 28.6 Å². The molecule has 0 spiro atoms. The Labute approximate surface area is 207 Å². The Morgan fingerprint density at radius 1 is 1.03 bits per heavy atom. The van der Waals surface area contributed by atoms with Gasteiger partial charge in [-0.1, -0.05) is 24.3 Å². The minimum absolute atomic E-state index is 0.107. The fourth-order valence-corrected chi connectivity index (χ4v) is 3.99. The molecule has 0 aliphatic carbocycles. The van der Waals surface area contributed by atoms with E-state index in [4.69, 9.17) is 13.9 Å². The number of benzene rings is 2. The van der Waals surface area contributed by atoms with Gasteiger partial charge in [0.1, 0.15) is 11.8 Å². The lowest BCUT2D eigenvalue weighted by atomic mass is 9.93. The fourth-order valence-electron chi connectivity index (χ4n) is 3.99. The van der Waals surface area contributed by atoms with Crippen LogP contribution in [0.25, 0.3) is 0 Å². The molecule has 2 heterocycles. The molecule has 186 valence electrons. The SMILES string of the molecule is COc1ccc(NC(C)=O)cc1NC(=O)COC(=O)[C@@H]1Cc2ccccc2CN1C(=O)c1ccco1. The Morgan fingerprint density at radius 3 is 2.50 bits per heavy atom. The summed E-state index contributed by atoms with van der Waals surface area (Å²) in [6.07, 6.45) is 1.63. The first-order valence-corrected chi connectivity index (χ1v) is 11.2. The third-order valence-corrected chi connectivity index (χ3v) is 5.65. The van der Waals surface area contributed by atoms with Crippen molar-refractivity contribution >= 4 is 35.1 Å². The van der Waals surface area contributed by atoms with Crippen molar-refractivity contribution in [2.45, 2.75) is 25.9 Å². The van der Waals surface area contributed by atoms with E-state index in [9.17, 15) is 19.2 Å². The largest absolute Gasteiger partial charge is 0.495 e. The number of amides is 3. The van der Waals surface area contributed by atoms with Gasteiger partial charge in [0.15, 0.2) is 12.4 Å². The number of methoxy groups -OCH3 is 1. The van der Waals surface area contributed by atoms with Crippen LogP contribution in [0.3, 0.4) is 0 Å². The maximum atomic E-state index is 13.0. The predicted molar refractivity (Wildman–Crippen MR) is 129 cm³/mol. The standard InChI is InChI=1S/C26H25N3O7/c1-16(30)27-19-9-10-22(34-2)20(13-19)28-24(31)15-36-26(33)21-12-17-6-3-4-7-18(17)14-29(21)25(32)23-8-5-11-35-23/h3-11,13,21H,12,14-15H2,1-2H3,(H,27,30)(H,28,31)/t21-/m0/s1. The van der Waals surface area contributed by atoms with Gasteiger partial charge >= 0.3 is 5.97 Å². The summed E-state index contributed by atoms with van der Waals surface area (Å²) in [4.78, 5) is 51.4. The highest BCUT2D eigenvalue weighted by Crippen LogP contribution is 2.28. The molecule has 1 aliphatic heterocycles. The lowest BCUT2D eigenvalue weighted by molar-refractivity contribution is -0.152. The number of anilines is 2. The highest BCUT2D eigenvalue weighted by atomic mass is 16.5. The summed E-state index contributed by atoms with van der Waals surface area (Å²) in [5.41, 5.74) is 2.60. The molecule has 10 heteroatoms. The van der Waals surface area contributed by atoms with Gasteiger partial charge in [-0.2, -0.15) is 0 Å². The van der Waals surface area contributed by atoms with Gasteiger partial charge in [0.05, 0.1) is 19.1 Å². The summed E-state index contributed by atoms with van der Waals surface area (Å²) in [7, 11) is 1.44. The molecule has 1 aromatic heterocycles. The molecule has 3 amide bonds. The third-order valence-electron chi connectivity index (χ3n) is 5.65. The first-order chi connectivity index (χ1) is 17.4. The molecule has 36 heavy (non-hydrogen) atoms. The Bertz CT molecular complexity index is 1290. The number of hydrogen-bond donors (Lipinski definition) is 2. The number of carbonyl (C=O) groups excluding carboxylic acids is 4. The normalized spacial score (nSPS) is 14.4. The fraction of sp³-hybridized carbons (Fsp3) is 0.231. The van der Waals surface area contributed by atoms with Gasteiger partial charge in [0.2, 0.25) is 5.91 Å². The van der Waals surface area contributed by atoms with E-state index >= 15 is 0 Å². The number of esters is 1. The lowest BCUT2D eigenvalue weighted by Crippen LogP contribution is -2.49. The number of carbonyl (C=O) groups is 4. The van der Waals surface area contributed by atoms with Crippen molar-refractivity contribution in [3.63, 3.8) is 0 Å². The molecule has 2 aromatic carbocycles. The van der Waals surface area contributed by atoms with Crippen LogP contribution in [0, 0.1) is 0 Å². The van der Waals surface area contributed by atoms with E-state index in [-0.39, 0.29) is 24.6 Å². The maximum absolute atomic E-state index is 13.0. The number of nitrogens with one attached hydrogen (secondary N) is 2. The van der Waals surface area contributed by atoms with E-state index in [0.717, 1.165) is 11.1 Å². The molecule has 2 N–H and O–H groups in total. The van der Waals surface area contributed by atoms with Gasteiger partial charge in [0.25, 0.3) is 11.8 Å². The van der Waals surface area contributed by atoms with E-state index in [0.29, 0.717) is 17.1 Å². The van der Waals surface area contributed by atoms with E-state index in [2.05, 4.69) is 10.6 Å². The van der Waals surface area contributed by atoms with Gasteiger partial charge in [-0.25, -0.2) is 4.79 Å². The summed E-state index contributed by atoms with van der Waals surface area (Å²) in [6, 6.07) is 14.5. The molecule has 3 aromatic rings. The molecule has 4 rings (SSSR count). The molecule has 0 unspecified atom stereocenters. The van der Waals surface area contributed by atoms with Crippen molar-refractivity contribution in [1.82, 2.24) is 4.90 Å². The van der Waals surface area contributed by atoms with Gasteiger partial charge in [-0.05, 0) is 41.5 Å². The van der Waals surface area contributed by atoms with Crippen LogP contribution in [-0.2, 0) is 32.1 Å². The van der Waals surface area contributed by atoms with Gasteiger partial charge in [-0.15, -0.1) is 0 Å². The zero-order valence-corrected chi connectivity index (χ0v) is 19.8. The highest BCUT2D eigenvalue weighted by Gasteiger charge is 2.37. The predicted octanol–water partition coefficient (Wildman–Crippen LogP) is 3.00. The van der Waals surface area contributed by atoms with Crippen LogP contribution < -0.4 is 15.4 Å². The summed E-state index contributed by atoms with van der Waals surface area (Å²) < 4.78 is 15.8. The molecule has 0 fully saturated rings. The van der Waals surface area contributed by atoms with Crippen LogP contribution in [0.2, 0.25) is 0 Å². The first kappa shape index (κ1) is 24.5. The number of ether oxygens (including phenoxy) is 2. The van der Waals surface area contributed by atoms with Crippen LogP contribution in [0.15, 0.2) is 65.3 Å². The molecule has 10 nitrogen and oxygen atoms in total. The summed E-state index contributed by atoms with van der Waals surface area (Å²) in [5.74, 6) is -1.56. The maximum Gasteiger partial charge on any atom is 0.329 e. The van der Waals surface area contributed by atoms with Crippen LogP contribution >= 0.6 is 0 Å². The van der Waals surface area contributed by atoms with Gasteiger partial charge in [0, 0.05) is 25.6 Å². The summed E-state index contributed by atoms with van der Waals surface area (Å²) >= 11 is 0. The quantitative estimate of drug-likeness (QED) is 0.487. The number of nitrogens with zero attached hydrogens (tertiary/aromatic N) is 1. The van der Waals surface area contributed by atoms with Crippen molar-refractivity contribution in [2.24, 2.45) is 0 Å². The number of fused-ring (bicyclic) bond motifs is 1. The van der Waals surface area contributed by atoms with E-state index in [1.54, 1.807) is 18.2 Å². The zero-order chi connectivity index (χ0) is 25.7. The average molecular weight is 492 g/mol. The molecule has 0 bridgehead atoms. The van der Waals surface area contributed by atoms with Crippen molar-refractivity contribution in [2.75, 3.05) is 24.4 Å². The van der Waals surface area contributed by atoms with Crippen molar-refractivity contribution in [3.8, 4) is 5.75 Å². The number of hydrogen-bond acceptors (Lipinski definition) is 7. The minimum Gasteiger partial charge on any atom is -0.495 e. The van der Waals surface area contributed by atoms with Crippen molar-refractivity contribution in [3.05, 3.63) is 77.7 Å². The minimum atomic E-state index is -0.928. The number of rotatable bonds is 7. The Morgan fingerprint density at radius 2 is 1.81 bits per heavy atom. The second-order valence-corrected chi connectivity index (χ2v) is 8.15. The third kappa shape index (κ3) is 5.54. The molecule has 0 saturated heterocycles. The molecule has 0 radical (unpaired) electrons. The Kier molecular flexibility index (Phi) is 7.33. The van der Waals surface area contributed by atoms with E-state index in [1.165, 1.54) is 37.3 Å². The Hall–Kier alpha value is -4.60. The Balaban J connectivity index is 1.45. The van der Waals surface area contributed by atoms with E-state index in [1.807, 2.05) is 24.3 Å². The molecule has 0 saturated carbocycles. The summed E-state index contributed by atoms with van der Waals surface area (Å²) in [5, 5.41) is 5.24. The van der Waals surface area contributed by atoms with Crippen molar-refractivity contribution < 1.29 is 33.1 Å². The average Bonchev–Trinajstić information content (AvgIpc) is 3.41. The van der Waals surface area contributed by atoms with Crippen molar-refractivity contribution in [1.29, 1.82) is 0 Å². The van der Waals surface area contributed by atoms with E-state index < -0.39 is 30.4 Å². The molecular weight excluding hydrogens is 466 g/mol. The smallest absolute Gasteiger partial charge is 0.329 e. The zero-order valence-electron chi connectivity index (χ0n) is 19.8. The second-order valence-electron chi connectivity index (χ2n) is 8.15. The highest BCUT2D eigenvalue weighted by molar-refractivity contribution is 5.97. The molecule has 1 atom stereocenters. The van der Waals surface area contributed by atoms with Gasteiger partial charge in [-0.3, -0.25) is 14.4 Å². The first-order valence-electron chi connectivity index (χ1n) is 11.2. The van der Waals surface area contributed by atoms with Crippen LogP contribution in [0.4, 0.5) is 11.4 Å². The molecular formula is C26H25N3O7. The van der Waals surface area contributed by atoms with Gasteiger partial charge < -0.3 is 29.4 Å². The number of furan rings is 1. The summed E-state index contributed by atoms with van der Waals surface area (Å²) in [6.45, 7) is 0.994. The monoisotopic (exact) mass is 491 g/mol. The second kappa shape index (κ2) is 10.8. The van der Waals surface area contributed by atoms with Crippen LogP contribution in [-0.4, -0.2) is 48.3 Å². The molecule has 1 aliphatic rings. The van der Waals surface area contributed by atoms with Crippen LogP contribution in [0.5, 0.6) is 5.75 Å². The topological polar surface area (TPSA) is 127 Å².